The first-order chi connectivity index (χ1) is 11.7. The third-order valence-corrected chi connectivity index (χ3v) is 6.03. The Morgan fingerprint density at radius 2 is 1.92 bits per heavy atom. The maximum absolute atomic E-state index is 6.12. The molecule has 2 aliphatic carbocycles. The molecule has 24 heavy (non-hydrogen) atoms. The summed E-state index contributed by atoms with van der Waals surface area (Å²) >= 11 is 0. The molecular formula is C17H22N6O. The Balaban J connectivity index is 1.47. The molecule has 3 fully saturated rings. The fourth-order valence-electron chi connectivity index (χ4n) is 4.30. The van der Waals surface area contributed by atoms with Crippen LogP contribution in [-0.4, -0.2) is 38.5 Å². The highest BCUT2D eigenvalue weighted by Gasteiger charge is 2.55. The van der Waals surface area contributed by atoms with Crippen LogP contribution in [0.5, 0.6) is 0 Å². The summed E-state index contributed by atoms with van der Waals surface area (Å²) < 4.78 is 6.12. The summed E-state index contributed by atoms with van der Waals surface area (Å²) in [5.74, 6) is 3.45. The molecule has 2 aromatic rings. The van der Waals surface area contributed by atoms with Crippen LogP contribution < -0.4 is 4.90 Å². The van der Waals surface area contributed by atoms with Gasteiger partial charge in [0.25, 0.3) is 0 Å². The van der Waals surface area contributed by atoms with Gasteiger partial charge in [-0.3, -0.25) is 0 Å². The zero-order valence-electron chi connectivity index (χ0n) is 14.2. The molecule has 5 rings (SSSR count). The van der Waals surface area contributed by atoms with Crippen LogP contribution in [0.25, 0.3) is 0 Å². The number of hydrogen-bond acceptors (Lipinski definition) is 7. The molecule has 0 radical (unpaired) electrons. The molecule has 0 spiro atoms. The van der Waals surface area contributed by atoms with Crippen LogP contribution in [0.3, 0.4) is 0 Å². The van der Waals surface area contributed by atoms with Gasteiger partial charge in [-0.1, -0.05) is 6.42 Å². The highest BCUT2D eigenvalue weighted by atomic mass is 16.4. The zero-order valence-corrected chi connectivity index (χ0v) is 14.2. The van der Waals surface area contributed by atoms with Crippen molar-refractivity contribution in [1.82, 2.24) is 25.4 Å². The third-order valence-electron chi connectivity index (χ3n) is 6.03. The van der Waals surface area contributed by atoms with Crippen LogP contribution in [0.4, 0.5) is 5.95 Å². The van der Waals surface area contributed by atoms with Gasteiger partial charge < -0.3 is 9.32 Å². The maximum atomic E-state index is 6.12. The van der Waals surface area contributed by atoms with E-state index in [4.69, 9.17) is 4.42 Å². The number of aryl methyl sites for hydroxylation is 2. The lowest BCUT2D eigenvalue weighted by Crippen LogP contribution is -2.33. The zero-order chi connectivity index (χ0) is 16.3. The second-order valence-corrected chi connectivity index (χ2v) is 7.63. The van der Waals surface area contributed by atoms with Crippen molar-refractivity contribution in [2.45, 2.75) is 57.3 Å². The van der Waals surface area contributed by atoms with Crippen LogP contribution >= 0.6 is 0 Å². The fourth-order valence-corrected chi connectivity index (χ4v) is 4.30. The third kappa shape index (κ3) is 2.06. The lowest BCUT2D eigenvalue weighted by atomic mass is 9.80. The molecule has 1 aliphatic heterocycles. The quantitative estimate of drug-likeness (QED) is 0.856. The van der Waals surface area contributed by atoms with Gasteiger partial charge in [0, 0.05) is 19.0 Å². The SMILES string of the molecule is Cc1nnc(N2C[C@@H]3CCC[C@]3(c3nnc(C4CC4)o3)C2)nc1C. The summed E-state index contributed by atoms with van der Waals surface area (Å²) in [6.45, 7) is 5.73. The van der Waals surface area contributed by atoms with Crippen molar-refractivity contribution >= 4 is 5.95 Å². The number of fused-ring (bicyclic) bond motifs is 1. The Labute approximate surface area is 140 Å². The van der Waals surface area contributed by atoms with Gasteiger partial charge in [-0.25, -0.2) is 4.98 Å². The van der Waals surface area contributed by atoms with Crippen LogP contribution in [0.1, 0.15) is 61.2 Å². The molecule has 3 aliphatic rings. The van der Waals surface area contributed by atoms with Crippen molar-refractivity contribution in [3.8, 4) is 0 Å². The van der Waals surface area contributed by atoms with Crippen LogP contribution in [0, 0.1) is 19.8 Å². The number of hydrogen-bond donors (Lipinski definition) is 0. The van der Waals surface area contributed by atoms with Gasteiger partial charge in [0.15, 0.2) is 0 Å². The summed E-state index contributed by atoms with van der Waals surface area (Å²) in [6.07, 6.45) is 5.92. The van der Waals surface area contributed by atoms with Gasteiger partial charge in [-0.05, 0) is 45.4 Å². The minimum atomic E-state index is -0.0255. The first kappa shape index (κ1) is 14.3. The molecule has 126 valence electrons. The Hall–Kier alpha value is -2.05. The molecule has 2 atom stereocenters. The normalized spacial score (nSPS) is 29.2. The summed E-state index contributed by atoms with van der Waals surface area (Å²) in [6, 6.07) is 0. The molecule has 2 saturated carbocycles. The summed E-state index contributed by atoms with van der Waals surface area (Å²) in [4.78, 5) is 6.89. The van der Waals surface area contributed by atoms with Crippen molar-refractivity contribution in [3.05, 3.63) is 23.2 Å². The molecular weight excluding hydrogens is 304 g/mol. The molecule has 0 bridgehead atoms. The van der Waals surface area contributed by atoms with Crippen LogP contribution in [0.2, 0.25) is 0 Å². The lowest BCUT2D eigenvalue weighted by Gasteiger charge is -2.24. The lowest BCUT2D eigenvalue weighted by molar-refractivity contribution is 0.296. The second kappa shape index (κ2) is 4.97. The van der Waals surface area contributed by atoms with Crippen LogP contribution in [-0.2, 0) is 5.41 Å². The van der Waals surface area contributed by atoms with Crippen molar-refractivity contribution in [2.75, 3.05) is 18.0 Å². The van der Waals surface area contributed by atoms with E-state index >= 15 is 0 Å². The van der Waals surface area contributed by atoms with Crippen molar-refractivity contribution in [1.29, 1.82) is 0 Å². The van der Waals surface area contributed by atoms with Gasteiger partial charge in [-0.15, -0.1) is 15.3 Å². The molecule has 3 heterocycles. The second-order valence-electron chi connectivity index (χ2n) is 7.63. The number of nitrogens with zero attached hydrogens (tertiary/aromatic N) is 6. The minimum absolute atomic E-state index is 0.0255. The van der Waals surface area contributed by atoms with Crippen molar-refractivity contribution in [2.24, 2.45) is 5.92 Å². The number of anilines is 1. The van der Waals surface area contributed by atoms with E-state index in [1.807, 2.05) is 13.8 Å². The predicted octanol–water partition coefficient (Wildman–Crippen LogP) is 2.31. The number of rotatable bonds is 3. The van der Waals surface area contributed by atoms with Crippen molar-refractivity contribution < 1.29 is 4.42 Å². The van der Waals surface area contributed by atoms with E-state index < -0.39 is 0 Å². The molecule has 0 amide bonds. The molecule has 1 saturated heterocycles. The first-order valence-corrected chi connectivity index (χ1v) is 8.92. The molecule has 7 heteroatoms. The Morgan fingerprint density at radius 1 is 1.04 bits per heavy atom. The summed E-state index contributed by atoms with van der Waals surface area (Å²) in [5, 5.41) is 17.3. The highest BCUT2D eigenvalue weighted by molar-refractivity contribution is 5.37. The molecule has 0 unspecified atom stereocenters. The van der Waals surface area contributed by atoms with E-state index in [-0.39, 0.29) is 5.41 Å². The standard InChI is InChI=1S/C17H22N6O/c1-10-11(2)19-22-16(18-10)23-8-13-4-3-7-17(13,9-23)15-21-20-14(24-15)12-5-6-12/h12-13H,3-9H2,1-2H3/t13-,17-/m0/s1. The molecule has 7 nitrogen and oxygen atoms in total. The molecule has 0 N–H and O–H groups in total. The predicted molar refractivity (Wildman–Crippen MR) is 86.8 cm³/mol. The van der Waals surface area contributed by atoms with Gasteiger partial charge >= 0.3 is 0 Å². The van der Waals surface area contributed by atoms with Gasteiger partial charge in [-0.2, -0.15) is 5.10 Å². The highest BCUT2D eigenvalue weighted by Crippen LogP contribution is 2.51. The van der Waals surface area contributed by atoms with Crippen molar-refractivity contribution in [3.63, 3.8) is 0 Å². The largest absolute Gasteiger partial charge is 0.424 e. The fraction of sp³-hybridized carbons (Fsp3) is 0.706. The average molecular weight is 326 g/mol. The topological polar surface area (TPSA) is 80.8 Å². The average Bonchev–Trinajstić information content (AvgIpc) is 3.01. The smallest absolute Gasteiger partial charge is 0.245 e. The van der Waals surface area contributed by atoms with E-state index in [2.05, 4.69) is 30.3 Å². The summed E-state index contributed by atoms with van der Waals surface area (Å²) in [5.41, 5.74) is 1.81. The summed E-state index contributed by atoms with van der Waals surface area (Å²) in [7, 11) is 0. The Kier molecular flexibility index (Phi) is 2.96. The van der Waals surface area contributed by atoms with E-state index in [0.717, 1.165) is 48.6 Å². The van der Waals surface area contributed by atoms with Gasteiger partial charge in [0.05, 0.1) is 16.8 Å². The van der Waals surface area contributed by atoms with E-state index in [1.165, 1.54) is 25.7 Å². The van der Waals surface area contributed by atoms with Gasteiger partial charge in [0.2, 0.25) is 17.7 Å². The van der Waals surface area contributed by atoms with E-state index in [1.54, 1.807) is 0 Å². The minimum Gasteiger partial charge on any atom is -0.424 e. The van der Waals surface area contributed by atoms with E-state index in [9.17, 15) is 0 Å². The molecule has 0 aromatic carbocycles. The van der Waals surface area contributed by atoms with Crippen LogP contribution in [0.15, 0.2) is 4.42 Å². The Bertz CT molecular complexity index is 785. The maximum Gasteiger partial charge on any atom is 0.245 e. The molecule has 2 aromatic heterocycles. The monoisotopic (exact) mass is 326 g/mol. The van der Waals surface area contributed by atoms with E-state index in [0.29, 0.717) is 11.8 Å². The Morgan fingerprint density at radius 3 is 2.71 bits per heavy atom. The van der Waals surface area contributed by atoms with Gasteiger partial charge in [0.1, 0.15) is 0 Å². The number of aromatic nitrogens is 5. The first-order valence-electron chi connectivity index (χ1n) is 8.92.